The minimum Gasteiger partial charge on any atom is -0.230 e. The van der Waals surface area contributed by atoms with E-state index in [0.29, 0.717) is 0 Å². The predicted molar refractivity (Wildman–Crippen MR) is 17.1 cm³/mol. The van der Waals surface area contributed by atoms with E-state index in [-0.39, 0.29) is 20.4 Å². The van der Waals surface area contributed by atoms with E-state index in [1.807, 2.05) is 0 Å². The minimum absolute atomic E-state index is 0. The van der Waals surface area contributed by atoms with E-state index in [0.717, 1.165) is 5.53 Å². The molecule has 0 fully saturated rings. The molecule has 48 valence electrons. The van der Waals surface area contributed by atoms with Crippen LogP contribution in [0.5, 0.6) is 0 Å². The molecule has 0 aromatic rings. The van der Waals surface area contributed by atoms with Gasteiger partial charge < -0.3 is 0 Å². The van der Waals surface area contributed by atoms with Crippen molar-refractivity contribution in [3.8, 4) is 0 Å². The van der Waals surface area contributed by atoms with Crippen LogP contribution in [0, 0.1) is 20.2 Å². The second-order valence-corrected chi connectivity index (χ2v) is 0.614. The second-order valence-electron chi connectivity index (χ2n) is 0.614. The van der Waals surface area contributed by atoms with Gasteiger partial charge in [-0.1, -0.05) is 0 Å². The van der Waals surface area contributed by atoms with Gasteiger partial charge in [-0.15, -0.1) is 0 Å². The van der Waals surface area contributed by atoms with Crippen LogP contribution in [0.3, 0.4) is 0 Å². The smallest absolute Gasteiger partial charge is 0.230 e. The largest absolute Gasteiger partial charge is 2.00 e. The van der Waals surface area contributed by atoms with Crippen molar-refractivity contribution in [2.24, 2.45) is 0 Å². The molecule has 1 N–H and O–H groups in total. The number of nitrogens with zero attached hydrogens (tertiary/aromatic N) is 2. The van der Waals surface area contributed by atoms with E-state index in [4.69, 9.17) is 20.2 Å². The van der Waals surface area contributed by atoms with Gasteiger partial charge in [0.2, 0.25) is 10.1 Å². The summed E-state index contributed by atoms with van der Waals surface area (Å²) in [6.07, 6.45) is 0. The first kappa shape index (κ1) is 10.3. The summed E-state index contributed by atoms with van der Waals surface area (Å²) in [6, 6.07) is 0. The molecule has 0 aromatic heterocycles. The van der Waals surface area contributed by atoms with E-state index in [9.17, 15) is 0 Å². The molecule has 0 aliphatic heterocycles. The first-order valence-corrected chi connectivity index (χ1v) is 1.18. The third-order valence-electron chi connectivity index (χ3n) is 0.163. The summed E-state index contributed by atoms with van der Waals surface area (Å²) in [5, 5.41) is 15.6. The maximum atomic E-state index is 9.06. The molecule has 0 saturated heterocycles. The standard InChI is InChI=1S/HN3O4.Pd/c4-2(5)1-3(6)7;/h1H;/q;+2. The van der Waals surface area contributed by atoms with Crippen LogP contribution in [0.1, 0.15) is 0 Å². The van der Waals surface area contributed by atoms with E-state index in [1.54, 1.807) is 0 Å². The number of rotatable bonds is 2. The van der Waals surface area contributed by atoms with Gasteiger partial charge in [0.05, 0.1) is 0 Å². The fourth-order valence-electron chi connectivity index (χ4n) is 0.0667. The van der Waals surface area contributed by atoms with Gasteiger partial charge in [0.15, 0.2) is 5.53 Å². The Morgan fingerprint density at radius 1 is 1.12 bits per heavy atom. The van der Waals surface area contributed by atoms with Gasteiger partial charge in [0.25, 0.3) is 0 Å². The molecule has 0 rings (SSSR count). The van der Waals surface area contributed by atoms with Gasteiger partial charge >= 0.3 is 20.4 Å². The first-order chi connectivity index (χ1) is 3.13. The van der Waals surface area contributed by atoms with Gasteiger partial charge in [-0.05, 0) is 0 Å². The maximum absolute atomic E-state index is 9.06. The molecular weight excluding hydrogens is 212 g/mol. The average Bonchev–Trinajstić information content (AvgIpc) is 1.27. The number of nitrogens with one attached hydrogen (secondary N) is 1. The van der Waals surface area contributed by atoms with Gasteiger partial charge in [0.1, 0.15) is 0 Å². The Kier molecular flexibility index (Phi) is 5.68. The molecule has 0 amide bonds. The van der Waals surface area contributed by atoms with Crippen molar-refractivity contribution in [3.05, 3.63) is 20.2 Å². The summed E-state index contributed by atoms with van der Waals surface area (Å²) >= 11 is 0. The zero-order valence-corrected chi connectivity index (χ0v) is 4.90. The summed E-state index contributed by atoms with van der Waals surface area (Å²) in [7, 11) is 0. The topological polar surface area (TPSA) is 98.3 Å². The first-order valence-electron chi connectivity index (χ1n) is 1.18. The molecule has 8 heavy (non-hydrogen) atoms. The summed E-state index contributed by atoms with van der Waals surface area (Å²) < 4.78 is 0. The van der Waals surface area contributed by atoms with Crippen LogP contribution >= 0.6 is 0 Å². The number of hydrogen-bond donors (Lipinski definition) is 1. The van der Waals surface area contributed by atoms with E-state index in [2.05, 4.69) is 0 Å². The number of nitro groups is 2. The summed E-state index contributed by atoms with van der Waals surface area (Å²) in [4.78, 5) is 18.1. The maximum Gasteiger partial charge on any atom is 2.00 e. The van der Waals surface area contributed by atoms with Crippen molar-refractivity contribution in [2.75, 3.05) is 0 Å². The second kappa shape index (κ2) is 4.42. The Bertz CT molecular complexity index is 87.5. The number of hydrazine groups is 2. The number of hydrogen-bond acceptors (Lipinski definition) is 4. The predicted octanol–water partition coefficient (Wildman–Crippen LogP) is -1.04. The molecule has 0 heterocycles. The van der Waals surface area contributed by atoms with Gasteiger partial charge in [-0.25, -0.2) is 20.2 Å². The van der Waals surface area contributed by atoms with Gasteiger partial charge in [0, 0.05) is 0 Å². The van der Waals surface area contributed by atoms with E-state index >= 15 is 0 Å². The molecule has 0 aliphatic rings. The molecule has 0 radical (unpaired) electrons. The zero-order chi connectivity index (χ0) is 5.86. The molecule has 0 aromatic carbocycles. The van der Waals surface area contributed by atoms with Crippen LogP contribution in [-0.2, 0) is 20.4 Å². The van der Waals surface area contributed by atoms with Crippen molar-refractivity contribution in [1.82, 2.24) is 5.53 Å². The Labute approximate surface area is 56.9 Å². The third kappa shape index (κ3) is 8.98. The summed E-state index contributed by atoms with van der Waals surface area (Å²) in [6.45, 7) is 0. The van der Waals surface area contributed by atoms with E-state index < -0.39 is 10.1 Å². The van der Waals surface area contributed by atoms with Crippen LogP contribution in [-0.4, -0.2) is 10.1 Å². The fraction of sp³-hybridized carbons (Fsp3) is 0. The van der Waals surface area contributed by atoms with Crippen LogP contribution in [0.25, 0.3) is 0 Å². The average molecular weight is 213 g/mol. The summed E-state index contributed by atoms with van der Waals surface area (Å²) in [5.74, 6) is 0. The fourth-order valence-corrected chi connectivity index (χ4v) is 0.0667. The molecule has 7 nitrogen and oxygen atoms in total. The molecule has 0 aliphatic carbocycles. The van der Waals surface area contributed by atoms with Crippen molar-refractivity contribution in [2.45, 2.75) is 0 Å². The SMILES string of the molecule is O=[N+]([O-])N[N+](=O)[O-].[Pd+2]. The Morgan fingerprint density at radius 3 is 1.38 bits per heavy atom. The van der Waals surface area contributed by atoms with Crippen LogP contribution in [0.2, 0.25) is 0 Å². The van der Waals surface area contributed by atoms with Crippen molar-refractivity contribution in [1.29, 1.82) is 0 Å². The monoisotopic (exact) mass is 213 g/mol. The van der Waals surface area contributed by atoms with Crippen molar-refractivity contribution in [3.63, 3.8) is 0 Å². The van der Waals surface area contributed by atoms with Gasteiger partial charge in [-0.3, -0.25) is 0 Å². The quantitative estimate of drug-likeness (QED) is 0.359. The Morgan fingerprint density at radius 2 is 1.38 bits per heavy atom. The van der Waals surface area contributed by atoms with Crippen molar-refractivity contribution >= 4 is 0 Å². The molecule has 0 spiro atoms. The van der Waals surface area contributed by atoms with Crippen LogP contribution in [0.4, 0.5) is 0 Å². The zero-order valence-electron chi connectivity index (χ0n) is 3.34. The third-order valence-corrected chi connectivity index (χ3v) is 0.163. The molecule has 0 unspecified atom stereocenters. The molecule has 8 heteroatoms. The van der Waals surface area contributed by atoms with Crippen LogP contribution in [0.15, 0.2) is 0 Å². The molecule has 0 saturated carbocycles. The minimum atomic E-state index is -1.25. The molecular formula is HN3O4Pd+2. The van der Waals surface area contributed by atoms with E-state index in [1.165, 1.54) is 0 Å². The van der Waals surface area contributed by atoms with Crippen LogP contribution < -0.4 is 5.53 Å². The molecule has 0 atom stereocenters. The Balaban J connectivity index is 0. The van der Waals surface area contributed by atoms with Crippen molar-refractivity contribution < 1.29 is 30.5 Å². The van der Waals surface area contributed by atoms with Gasteiger partial charge in [-0.2, -0.15) is 0 Å². The molecule has 0 bridgehead atoms. The normalized spacial score (nSPS) is 6.50. The summed E-state index contributed by atoms with van der Waals surface area (Å²) in [5.41, 5.74) is 0.750. The Hall–Kier alpha value is -0.738.